The van der Waals surface area contributed by atoms with Gasteiger partial charge >= 0.3 is 12.1 Å². The van der Waals surface area contributed by atoms with Crippen molar-refractivity contribution >= 4 is 28.0 Å². The molecule has 0 aliphatic heterocycles. The van der Waals surface area contributed by atoms with Crippen molar-refractivity contribution in [3.05, 3.63) is 28.5 Å². The first-order valence-electron chi connectivity index (χ1n) is 6.38. The van der Waals surface area contributed by atoms with Crippen molar-refractivity contribution in [2.75, 3.05) is 7.11 Å². The molecule has 0 aromatic carbocycles. The lowest BCUT2D eigenvalue weighted by Gasteiger charge is -2.22. The fourth-order valence-corrected chi connectivity index (χ4v) is 2.00. The quantitative estimate of drug-likeness (QED) is 0.836. The van der Waals surface area contributed by atoms with Gasteiger partial charge in [0.05, 0.1) is 7.11 Å². The smallest absolute Gasteiger partial charge is 0.408 e. The number of nitrogens with one attached hydrogen (secondary N) is 1. The zero-order valence-electron chi connectivity index (χ0n) is 12.5. The number of ether oxygens (including phenoxy) is 2. The van der Waals surface area contributed by atoms with Gasteiger partial charge in [0.15, 0.2) is 0 Å². The highest BCUT2D eigenvalue weighted by molar-refractivity contribution is 9.10. The molecule has 21 heavy (non-hydrogen) atoms. The zero-order valence-corrected chi connectivity index (χ0v) is 14.1. The van der Waals surface area contributed by atoms with Crippen LogP contribution in [0, 0.1) is 0 Å². The number of methoxy groups -OCH3 is 1. The highest BCUT2D eigenvalue weighted by Crippen LogP contribution is 2.12. The molecular weight excluding hydrogens is 340 g/mol. The lowest BCUT2D eigenvalue weighted by Crippen LogP contribution is -2.45. The van der Waals surface area contributed by atoms with E-state index in [0.717, 1.165) is 10.0 Å². The molecule has 0 aliphatic carbocycles. The van der Waals surface area contributed by atoms with Gasteiger partial charge in [-0.2, -0.15) is 0 Å². The molecule has 0 bridgehead atoms. The van der Waals surface area contributed by atoms with Gasteiger partial charge in [-0.15, -0.1) is 0 Å². The maximum atomic E-state index is 11.8. The Morgan fingerprint density at radius 2 is 2.05 bits per heavy atom. The second-order valence-electron chi connectivity index (χ2n) is 5.44. The topological polar surface area (TPSA) is 77.5 Å². The average Bonchev–Trinajstić information content (AvgIpc) is 2.34. The zero-order chi connectivity index (χ0) is 16.0. The number of aromatic nitrogens is 1. The maximum Gasteiger partial charge on any atom is 0.408 e. The van der Waals surface area contributed by atoms with Gasteiger partial charge in [0.2, 0.25) is 0 Å². The highest BCUT2D eigenvalue weighted by atomic mass is 79.9. The Morgan fingerprint density at radius 3 is 2.57 bits per heavy atom. The van der Waals surface area contributed by atoms with E-state index in [1.54, 1.807) is 33.2 Å². The Kier molecular flexibility index (Phi) is 6.14. The van der Waals surface area contributed by atoms with Crippen LogP contribution in [0.3, 0.4) is 0 Å². The van der Waals surface area contributed by atoms with Crippen LogP contribution in [-0.2, 0) is 20.7 Å². The normalized spacial score (nSPS) is 12.4. The van der Waals surface area contributed by atoms with Crippen LogP contribution in [0.25, 0.3) is 0 Å². The molecule has 0 radical (unpaired) electrons. The summed E-state index contributed by atoms with van der Waals surface area (Å²) in [6.45, 7) is 5.24. The standard InChI is InChI=1S/C14H19BrN2O4/c1-14(2,3)21-13(19)17-11(12(18)20-4)6-9-5-10(15)8-16-7-9/h5,7-8,11H,6H2,1-4H3,(H,17,19)/t11-/m0/s1. The number of hydrogen-bond acceptors (Lipinski definition) is 5. The molecule has 0 spiro atoms. The predicted octanol–water partition coefficient (Wildman–Crippen LogP) is 2.45. The summed E-state index contributed by atoms with van der Waals surface area (Å²) in [4.78, 5) is 27.6. The van der Waals surface area contributed by atoms with Crippen LogP contribution in [0.15, 0.2) is 22.9 Å². The minimum atomic E-state index is -0.832. The number of pyridine rings is 1. The molecular formula is C14H19BrN2O4. The summed E-state index contributed by atoms with van der Waals surface area (Å²) in [6.07, 6.45) is 2.86. The van der Waals surface area contributed by atoms with E-state index < -0.39 is 23.7 Å². The number of carbonyl (C=O) groups excluding carboxylic acids is 2. The Labute approximate surface area is 132 Å². The van der Waals surface area contributed by atoms with Gasteiger partial charge in [-0.3, -0.25) is 4.98 Å². The summed E-state index contributed by atoms with van der Waals surface area (Å²) in [7, 11) is 1.27. The number of alkyl carbamates (subject to hydrolysis) is 1. The monoisotopic (exact) mass is 358 g/mol. The minimum absolute atomic E-state index is 0.262. The minimum Gasteiger partial charge on any atom is -0.467 e. The first kappa shape index (κ1) is 17.4. The number of amides is 1. The average molecular weight is 359 g/mol. The van der Waals surface area contributed by atoms with Gasteiger partial charge in [0, 0.05) is 23.3 Å². The molecule has 1 atom stereocenters. The van der Waals surface area contributed by atoms with Crippen molar-refractivity contribution in [1.29, 1.82) is 0 Å². The fourth-order valence-electron chi connectivity index (χ4n) is 1.59. The van der Waals surface area contributed by atoms with Crippen LogP contribution in [0.2, 0.25) is 0 Å². The third-order valence-electron chi connectivity index (χ3n) is 2.38. The first-order valence-corrected chi connectivity index (χ1v) is 7.17. The van der Waals surface area contributed by atoms with E-state index in [1.807, 2.05) is 6.07 Å². The van der Waals surface area contributed by atoms with Gasteiger partial charge in [-0.1, -0.05) is 0 Å². The van der Waals surface area contributed by atoms with E-state index in [1.165, 1.54) is 7.11 Å². The first-order chi connectivity index (χ1) is 9.71. The predicted molar refractivity (Wildman–Crippen MR) is 80.8 cm³/mol. The van der Waals surface area contributed by atoms with Crippen molar-refractivity contribution in [3.8, 4) is 0 Å². The number of esters is 1. The van der Waals surface area contributed by atoms with Crippen molar-refractivity contribution in [2.24, 2.45) is 0 Å². The number of carbonyl (C=O) groups is 2. The largest absolute Gasteiger partial charge is 0.467 e. The molecule has 1 N–H and O–H groups in total. The molecule has 116 valence electrons. The SMILES string of the molecule is COC(=O)[C@H](Cc1cncc(Br)c1)NC(=O)OC(C)(C)C. The van der Waals surface area contributed by atoms with Gasteiger partial charge < -0.3 is 14.8 Å². The summed E-state index contributed by atoms with van der Waals surface area (Å²) in [5, 5.41) is 2.51. The molecule has 1 amide bonds. The van der Waals surface area contributed by atoms with Crippen LogP contribution >= 0.6 is 15.9 Å². The lowest BCUT2D eigenvalue weighted by atomic mass is 10.1. The van der Waals surface area contributed by atoms with Crippen molar-refractivity contribution < 1.29 is 19.1 Å². The Balaban J connectivity index is 2.77. The summed E-state index contributed by atoms with van der Waals surface area (Å²) < 4.78 is 10.6. The molecule has 1 aromatic heterocycles. The molecule has 0 saturated carbocycles. The van der Waals surface area contributed by atoms with E-state index in [9.17, 15) is 9.59 Å². The molecule has 1 rings (SSSR count). The third-order valence-corrected chi connectivity index (χ3v) is 2.81. The van der Waals surface area contributed by atoms with Crippen molar-refractivity contribution in [1.82, 2.24) is 10.3 Å². The Morgan fingerprint density at radius 1 is 1.38 bits per heavy atom. The van der Waals surface area contributed by atoms with Gasteiger partial charge in [-0.25, -0.2) is 9.59 Å². The number of nitrogens with zero attached hydrogens (tertiary/aromatic N) is 1. The number of halogens is 1. The van der Waals surface area contributed by atoms with E-state index in [2.05, 4.69) is 26.2 Å². The van der Waals surface area contributed by atoms with Gasteiger partial charge in [0.25, 0.3) is 0 Å². The van der Waals surface area contributed by atoms with E-state index in [-0.39, 0.29) is 6.42 Å². The van der Waals surface area contributed by atoms with E-state index in [4.69, 9.17) is 9.47 Å². The molecule has 7 heteroatoms. The molecule has 0 aliphatic rings. The highest BCUT2D eigenvalue weighted by Gasteiger charge is 2.25. The van der Waals surface area contributed by atoms with E-state index in [0.29, 0.717) is 0 Å². The van der Waals surface area contributed by atoms with Crippen LogP contribution in [-0.4, -0.2) is 35.8 Å². The van der Waals surface area contributed by atoms with Gasteiger partial charge in [0.1, 0.15) is 11.6 Å². The molecule has 1 heterocycles. The van der Waals surface area contributed by atoms with Crippen molar-refractivity contribution in [2.45, 2.75) is 38.8 Å². The second kappa shape index (κ2) is 7.40. The molecule has 0 saturated heterocycles. The third kappa shape index (κ3) is 6.57. The summed E-state index contributed by atoms with van der Waals surface area (Å²) in [5.74, 6) is -0.541. The Bertz CT molecular complexity index is 514. The summed E-state index contributed by atoms with van der Waals surface area (Å²) in [5.41, 5.74) is 0.151. The fraction of sp³-hybridized carbons (Fsp3) is 0.500. The van der Waals surface area contributed by atoms with Crippen LogP contribution in [0.5, 0.6) is 0 Å². The maximum absolute atomic E-state index is 11.8. The molecule has 1 aromatic rings. The lowest BCUT2D eigenvalue weighted by molar-refractivity contribution is -0.143. The van der Waals surface area contributed by atoms with Crippen LogP contribution < -0.4 is 5.32 Å². The van der Waals surface area contributed by atoms with Crippen molar-refractivity contribution in [3.63, 3.8) is 0 Å². The number of rotatable bonds is 4. The van der Waals surface area contributed by atoms with Gasteiger partial charge in [-0.05, 0) is 48.3 Å². The number of hydrogen-bond donors (Lipinski definition) is 1. The molecule has 0 unspecified atom stereocenters. The molecule has 0 fully saturated rings. The van der Waals surface area contributed by atoms with E-state index >= 15 is 0 Å². The Hall–Kier alpha value is -1.63. The van der Waals surface area contributed by atoms with Crippen LogP contribution in [0.4, 0.5) is 4.79 Å². The second-order valence-corrected chi connectivity index (χ2v) is 6.35. The van der Waals surface area contributed by atoms with Crippen LogP contribution in [0.1, 0.15) is 26.3 Å². The molecule has 6 nitrogen and oxygen atoms in total. The summed E-state index contributed by atoms with van der Waals surface area (Å²) in [6, 6.07) is 0.987. The summed E-state index contributed by atoms with van der Waals surface area (Å²) >= 11 is 3.31.